The fourth-order valence-electron chi connectivity index (χ4n) is 1.50. The summed E-state index contributed by atoms with van der Waals surface area (Å²) < 4.78 is 0. The Morgan fingerprint density at radius 1 is 1.38 bits per heavy atom. The van der Waals surface area contributed by atoms with E-state index in [1.54, 1.807) is 0 Å². The van der Waals surface area contributed by atoms with Crippen LogP contribution < -0.4 is 5.32 Å². The molecule has 0 spiro atoms. The van der Waals surface area contributed by atoms with E-state index in [4.69, 9.17) is 0 Å². The molecule has 0 saturated heterocycles. The zero-order valence-corrected chi connectivity index (χ0v) is 10.6. The van der Waals surface area contributed by atoms with E-state index in [1.807, 2.05) is 32.0 Å². The van der Waals surface area contributed by atoms with Crippen molar-refractivity contribution in [2.75, 3.05) is 6.54 Å². The Morgan fingerprint density at radius 3 is 2.69 bits per heavy atom. The summed E-state index contributed by atoms with van der Waals surface area (Å²) in [6.07, 6.45) is 1.09. The van der Waals surface area contributed by atoms with Crippen LogP contribution in [0.3, 0.4) is 0 Å². The number of carbonyl (C=O) groups is 1. The van der Waals surface area contributed by atoms with Gasteiger partial charge in [-0.25, -0.2) is 0 Å². The van der Waals surface area contributed by atoms with Crippen molar-refractivity contribution in [2.24, 2.45) is 5.92 Å². The molecule has 0 radical (unpaired) electrons. The highest BCUT2D eigenvalue weighted by Crippen LogP contribution is 2.12. The molecule has 0 aliphatic carbocycles. The predicted molar refractivity (Wildman–Crippen MR) is 67.7 cm³/mol. The number of amides is 1. The van der Waals surface area contributed by atoms with Crippen molar-refractivity contribution in [2.45, 2.75) is 34.1 Å². The summed E-state index contributed by atoms with van der Waals surface area (Å²) in [5.41, 5.74) is 3.03. The Labute approximate surface area is 98.1 Å². The average Bonchev–Trinajstić information content (AvgIpc) is 2.29. The lowest BCUT2D eigenvalue weighted by Gasteiger charge is -2.12. The van der Waals surface area contributed by atoms with Gasteiger partial charge in [0.05, 0.1) is 0 Å². The molecule has 0 heterocycles. The zero-order valence-electron chi connectivity index (χ0n) is 10.6. The lowest BCUT2D eigenvalue weighted by molar-refractivity contribution is 0.0947. The minimum absolute atomic E-state index is 0.0431. The van der Waals surface area contributed by atoms with E-state index in [1.165, 1.54) is 0 Å². The summed E-state index contributed by atoms with van der Waals surface area (Å²) in [4.78, 5) is 11.9. The van der Waals surface area contributed by atoms with Crippen LogP contribution in [0.4, 0.5) is 0 Å². The minimum atomic E-state index is 0.0431. The fourth-order valence-corrected chi connectivity index (χ4v) is 1.50. The molecule has 0 bridgehead atoms. The molecule has 1 rings (SSSR count). The average molecular weight is 219 g/mol. The van der Waals surface area contributed by atoms with Crippen molar-refractivity contribution in [1.82, 2.24) is 5.32 Å². The van der Waals surface area contributed by atoms with E-state index < -0.39 is 0 Å². The third-order valence-electron chi connectivity index (χ3n) is 3.16. The van der Waals surface area contributed by atoms with E-state index in [0.29, 0.717) is 5.92 Å². The van der Waals surface area contributed by atoms with E-state index in [2.05, 4.69) is 19.2 Å². The van der Waals surface area contributed by atoms with Gasteiger partial charge in [0.2, 0.25) is 0 Å². The Kier molecular flexibility index (Phi) is 4.53. The first-order valence-electron chi connectivity index (χ1n) is 5.90. The number of aryl methyl sites for hydroxylation is 1. The molecule has 0 aromatic heterocycles. The third-order valence-corrected chi connectivity index (χ3v) is 3.16. The van der Waals surface area contributed by atoms with E-state index in [-0.39, 0.29) is 5.91 Å². The lowest BCUT2D eigenvalue weighted by Crippen LogP contribution is -2.28. The van der Waals surface area contributed by atoms with Gasteiger partial charge in [-0.2, -0.15) is 0 Å². The van der Waals surface area contributed by atoms with E-state index in [0.717, 1.165) is 29.7 Å². The second-order valence-corrected chi connectivity index (χ2v) is 4.47. The van der Waals surface area contributed by atoms with Crippen LogP contribution in [0.15, 0.2) is 18.2 Å². The van der Waals surface area contributed by atoms with Crippen molar-refractivity contribution in [1.29, 1.82) is 0 Å². The molecule has 2 nitrogen and oxygen atoms in total. The maximum atomic E-state index is 11.9. The van der Waals surface area contributed by atoms with Gasteiger partial charge >= 0.3 is 0 Å². The molecule has 2 heteroatoms. The van der Waals surface area contributed by atoms with Gasteiger partial charge in [0, 0.05) is 12.1 Å². The Hall–Kier alpha value is -1.31. The van der Waals surface area contributed by atoms with E-state index >= 15 is 0 Å². The van der Waals surface area contributed by atoms with Gasteiger partial charge in [0.15, 0.2) is 0 Å². The molecule has 1 atom stereocenters. The van der Waals surface area contributed by atoms with Crippen LogP contribution >= 0.6 is 0 Å². The molecule has 0 saturated carbocycles. The number of rotatable bonds is 4. The monoisotopic (exact) mass is 219 g/mol. The molecule has 0 aliphatic rings. The normalized spacial score (nSPS) is 12.2. The number of hydrogen-bond donors (Lipinski definition) is 1. The van der Waals surface area contributed by atoms with Crippen LogP contribution in [-0.4, -0.2) is 12.5 Å². The van der Waals surface area contributed by atoms with Crippen LogP contribution in [0.25, 0.3) is 0 Å². The number of carbonyl (C=O) groups excluding carboxylic acids is 1. The smallest absolute Gasteiger partial charge is 0.251 e. The van der Waals surface area contributed by atoms with Crippen molar-refractivity contribution < 1.29 is 4.79 Å². The van der Waals surface area contributed by atoms with Gasteiger partial charge in [0.25, 0.3) is 5.91 Å². The van der Waals surface area contributed by atoms with Crippen molar-refractivity contribution in [3.63, 3.8) is 0 Å². The molecule has 1 unspecified atom stereocenters. The SMILES string of the molecule is CCC(C)CNC(=O)c1cccc(C)c1C. The van der Waals surface area contributed by atoms with Crippen LogP contribution in [0.1, 0.15) is 41.8 Å². The van der Waals surface area contributed by atoms with Crippen LogP contribution in [-0.2, 0) is 0 Å². The standard InChI is InChI=1S/C14H21NO/c1-5-10(2)9-15-14(16)13-8-6-7-11(3)12(13)4/h6-8,10H,5,9H2,1-4H3,(H,15,16). The maximum Gasteiger partial charge on any atom is 0.251 e. The first-order valence-corrected chi connectivity index (χ1v) is 5.90. The van der Waals surface area contributed by atoms with Crippen LogP contribution in [0, 0.1) is 19.8 Å². The highest BCUT2D eigenvalue weighted by molar-refractivity contribution is 5.95. The second kappa shape index (κ2) is 5.69. The summed E-state index contributed by atoms with van der Waals surface area (Å²) in [7, 11) is 0. The van der Waals surface area contributed by atoms with Gasteiger partial charge in [-0.05, 0) is 37.0 Å². The van der Waals surface area contributed by atoms with Crippen molar-refractivity contribution in [3.8, 4) is 0 Å². The summed E-state index contributed by atoms with van der Waals surface area (Å²) >= 11 is 0. The molecule has 16 heavy (non-hydrogen) atoms. The maximum absolute atomic E-state index is 11.9. The van der Waals surface area contributed by atoms with Gasteiger partial charge in [-0.15, -0.1) is 0 Å². The topological polar surface area (TPSA) is 29.1 Å². The molecule has 1 aromatic carbocycles. The molecular formula is C14H21NO. The molecular weight excluding hydrogens is 198 g/mol. The summed E-state index contributed by atoms with van der Waals surface area (Å²) in [5.74, 6) is 0.579. The first-order chi connectivity index (χ1) is 7.56. The highest BCUT2D eigenvalue weighted by atomic mass is 16.1. The Balaban J connectivity index is 2.70. The number of nitrogens with one attached hydrogen (secondary N) is 1. The molecule has 1 amide bonds. The van der Waals surface area contributed by atoms with Crippen LogP contribution in [0.2, 0.25) is 0 Å². The number of benzene rings is 1. The molecule has 1 N–H and O–H groups in total. The molecule has 0 aliphatic heterocycles. The first kappa shape index (κ1) is 12.8. The van der Waals surface area contributed by atoms with Gasteiger partial charge in [0.1, 0.15) is 0 Å². The minimum Gasteiger partial charge on any atom is -0.352 e. The third kappa shape index (κ3) is 3.09. The van der Waals surface area contributed by atoms with Crippen molar-refractivity contribution >= 4 is 5.91 Å². The van der Waals surface area contributed by atoms with Gasteiger partial charge < -0.3 is 5.32 Å². The molecule has 0 fully saturated rings. The molecule has 1 aromatic rings. The van der Waals surface area contributed by atoms with Crippen LogP contribution in [0.5, 0.6) is 0 Å². The summed E-state index contributed by atoms with van der Waals surface area (Å²) in [6.45, 7) is 9.05. The zero-order chi connectivity index (χ0) is 12.1. The van der Waals surface area contributed by atoms with Crippen molar-refractivity contribution in [3.05, 3.63) is 34.9 Å². The Bertz CT molecular complexity index is 371. The highest BCUT2D eigenvalue weighted by Gasteiger charge is 2.10. The second-order valence-electron chi connectivity index (χ2n) is 4.47. The quantitative estimate of drug-likeness (QED) is 0.828. The fraction of sp³-hybridized carbons (Fsp3) is 0.500. The van der Waals surface area contributed by atoms with Gasteiger partial charge in [-0.1, -0.05) is 32.4 Å². The van der Waals surface area contributed by atoms with Gasteiger partial charge in [-0.3, -0.25) is 4.79 Å². The predicted octanol–water partition coefficient (Wildman–Crippen LogP) is 3.08. The Morgan fingerprint density at radius 2 is 2.06 bits per heavy atom. The summed E-state index contributed by atoms with van der Waals surface area (Å²) in [6, 6.07) is 5.84. The lowest BCUT2D eigenvalue weighted by atomic mass is 10.0. The molecule has 88 valence electrons. The largest absolute Gasteiger partial charge is 0.352 e. The summed E-state index contributed by atoms with van der Waals surface area (Å²) in [5, 5.41) is 2.98. The van der Waals surface area contributed by atoms with E-state index in [9.17, 15) is 4.79 Å². The number of hydrogen-bond acceptors (Lipinski definition) is 1.